The first-order chi connectivity index (χ1) is 11.2. The maximum absolute atomic E-state index is 11.9. The van der Waals surface area contributed by atoms with Gasteiger partial charge in [-0.2, -0.15) is 0 Å². The molecule has 0 aliphatic carbocycles. The summed E-state index contributed by atoms with van der Waals surface area (Å²) in [6, 6.07) is 15.4. The number of aryl methyl sites for hydroxylation is 1. The molecule has 0 heterocycles. The van der Waals surface area contributed by atoms with Crippen molar-refractivity contribution in [2.45, 2.75) is 32.9 Å². The smallest absolute Gasteiger partial charge is 0.220 e. The van der Waals surface area contributed by atoms with Crippen LogP contribution in [0.2, 0.25) is 0 Å². The van der Waals surface area contributed by atoms with Crippen LogP contribution in [0.25, 0.3) is 0 Å². The Balaban J connectivity index is 1.67. The third-order valence-corrected chi connectivity index (χ3v) is 3.57. The van der Waals surface area contributed by atoms with Crippen molar-refractivity contribution in [1.82, 2.24) is 5.32 Å². The van der Waals surface area contributed by atoms with Crippen molar-refractivity contribution in [2.24, 2.45) is 0 Å². The van der Waals surface area contributed by atoms with Crippen LogP contribution in [0.5, 0.6) is 5.75 Å². The number of benzene rings is 2. The number of amides is 1. The van der Waals surface area contributed by atoms with Gasteiger partial charge in [0.25, 0.3) is 0 Å². The van der Waals surface area contributed by atoms with Crippen molar-refractivity contribution in [3.8, 4) is 5.75 Å². The maximum Gasteiger partial charge on any atom is 0.220 e. The Labute approximate surface area is 137 Å². The van der Waals surface area contributed by atoms with Crippen LogP contribution in [-0.4, -0.2) is 17.6 Å². The molecule has 0 fully saturated rings. The highest BCUT2D eigenvalue weighted by Crippen LogP contribution is 2.13. The van der Waals surface area contributed by atoms with E-state index in [0.717, 1.165) is 22.4 Å². The molecule has 0 saturated carbocycles. The average Bonchev–Trinajstić information content (AvgIpc) is 2.57. The molecule has 122 valence electrons. The summed E-state index contributed by atoms with van der Waals surface area (Å²) in [5.41, 5.74) is 2.94. The Hall–Kier alpha value is -2.33. The van der Waals surface area contributed by atoms with Crippen LogP contribution in [-0.2, 0) is 17.9 Å². The van der Waals surface area contributed by atoms with E-state index < -0.39 is 0 Å². The van der Waals surface area contributed by atoms with Crippen LogP contribution in [0.1, 0.15) is 29.5 Å². The summed E-state index contributed by atoms with van der Waals surface area (Å²) in [6.45, 7) is 2.96. The van der Waals surface area contributed by atoms with Crippen LogP contribution in [0.4, 0.5) is 0 Å². The molecule has 23 heavy (non-hydrogen) atoms. The predicted octanol–water partition coefficient (Wildman–Crippen LogP) is 2.96. The van der Waals surface area contributed by atoms with Crippen molar-refractivity contribution in [3.63, 3.8) is 0 Å². The fourth-order valence-corrected chi connectivity index (χ4v) is 2.29. The lowest BCUT2D eigenvalue weighted by molar-refractivity contribution is -0.121. The second-order valence-corrected chi connectivity index (χ2v) is 5.47. The molecule has 4 heteroatoms. The third kappa shape index (κ3) is 5.75. The number of nitrogens with one attached hydrogen (secondary N) is 1. The lowest BCUT2D eigenvalue weighted by Crippen LogP contribution is -2.23. The molecule has 0 saturated heterocycles. The average molecular weight is 313 g/mol. The number of aliphatic hydroxyl groups excluding tert-OH is 1. The minimum Gasteiger partial charge on any atom is -0.494 e. The normalized spacial score (nSPS) is 10.3. The summed E-state index contributed by atoms with van der Waals surface area (Å²) >= 11 is 0. The van der Waals surface area contributed by atoms with Crippen LogP contribution in [0.3, 0.4) is 0 Å². The van der Waals surface area contributed by atoms with Crippen molar-refractivity contribution in [2.75, 3.05) is 6.61 Å². The molecule has 0 bridgehead atoms. The van der Waals surface area contributed by atoms with E-state index in [0.29, 0.717) is 26.0 Å². The fourth-order valence-electron chi connectivity index (χ4n) is 2.29. The standard InChI is InChI=1S/C19H23NO3/c1-15-6-4-9-18(12-15)23-11-5-10-19(22)20-13-16-7-2-3-8-17(16)14-21/h2-4,6-9,12,21H,5,10-11,13-14H2,1H3,(H,20,22). The lowest BCUT2D eigenvalue weighted by atomic mass is 10.1. The molecular weight excluding hydrogens is 290 g/mol. The quantitative estimate of drug-likeness (QED) is 0.737. The molecule has 0 atom stereocenters. The van der Waals surface area contributed by atoms with Gasteiger partial charge in [0.15, 0.2) is 0 Å². The monoisotopic (exact) mass is 313 g/mol. The molecule has 0 aliphatic rings. The second-order valence-electron chi connectivity index (χ2n) is 5.47. The molecule has 2 aromatic carbocycles. The highest BCUT2D eigenvalue weighted by molar-refractivity contribution is 5.75. The Morgan fingerprint density at radius 2 is 1.91 bits per heavy atom. The van der Waals surface area contributed by atoms with Gasteiger partial charge in [-0.15, -0.1) is 0 Å². The number of carbonyl (C=O) groups is 1. The molecule has 0 spiro atoms. The van der Waals surface area contributed by atoms with Gasteiger partial charge in [0.2, 0.25) is 5.91 Å². The molecule has 2 rings (SSSR count). The summed E-state index contributed by atoms with van der Waals surface area (Å²) in [4.78, 5) is 11.9. The zero-order valence-electron chi connectivity index (χ0n) is 13.4. The number of aliphatic hydroxyl groups is 1. The number of ether oxygens (including phenoxy) is 1. The Morgan fingerprint density at radius 1 is 1.13 bits per heavy atom. The van der Waals surface area contributed by atoms with Crippen molar-refractivity contribution >= 4 is 5.91 Å². The Morgan fingerprint density at radius 3 is 2.65 bits per heavy atom. The van der Waals surface area contributed by atoms with Gasteiger partial charge in [-0.25, -0.2) is 0 Å². The minimum absolute atomic E-state index is 0.00872. The van der Waals surface area contributed by atoms with E-state index in [1.807, 2.05) is 55.5 Å². The third-order valence-electron chi connectivity index (χ3n) is 3.57. The SMILES string of the molecule is Cc1cccc(OCCCC(=O)NCc2ccccc2CO)c1. The van der Waals surface area contributed by atoms with Crippen LogP contribution in [0.15, 0.2) is 48.5 Å². The zero-order valence-corrected chi connectivity index (χ0v) is 13.4. The molecule has 0 radical (unpaired) electrons. The van der Waals surface area contributed by atoms with Crippen molar-refractivity contribution in [3.05, 3.63) is 65.2 Å². The summed E-state index contributed by atoms with van der Waals surface area (Å²) in [5, 5.41) is 12.1. The summed E-state index contributed by atoms with van der Waals surface area (Å²) in [6.07, 6.45) is 1.09. The molecular formula is C19H23NO3. The van der Waals surface area contributed by atoms with Crippen molar-refractivity contribution in [1.29, 1.82) is 0 Å². The van der Waals surface area contributed by atoms with Gasteiger partial charge >= 0.3 is 0 Å². The van der Waals surface area contributed by atoms with Crippen LogP contribution < -0.4 is 10.1 Å². The van der Waals surface area contributed by atoms with Gasteiger partial charge in [0.1, 0.15) is 5.75 Å². The lowest BCUT2D eigenvalue weighted by Gasteiger charge is -2.09. The van der Waals surface area contributed by atoms with Gasteiger partial charge in [-0.1, -0.05) is 36.4 Å². The van der Waals surface area contributed by atoms with Crippen LogP contribution >= 0.6 is 0 Å². The fraction of sp³-hybridized carbons (Fsp3) is 0.316. The number of rotatable bonds is 8. The maximum atomic E-state index is 11.9. The van der Waals surface area contributed by atoms with Gasteiger partial charge < -0.3 is 15.2 Å². The summed E-state index contributed by atoms with van der Waals surface area (Å²) in [5.74, 6) is 0.827. The number of hydrogen-bond acceptors (Lipinski definition) is 3. The molecule has 2 aromatic rings. The van der Waals surface area contributed by atoms with E-state index in [1.54, 1.807) is 0 Å². The Kier molecular flexibility index (Phi) is 6.63. The molecule has 2 N–H and O–H groups in total. The first kappa shape index (κ1) is 17.0. The largest absolute Gasteiger partial charge is 0.494 e. The van der Waals surface area contributed by atoms with Gasteiger partial charge in [-0.05, 0) is 42.2 Å². The Bertz CT molecular complexity index is 640. The summed E-state index contributed by atoms with van der Waals surface area (Å²) in [7, 11) is 0. The topological polar surface area (TPSA) is 58.6 Å². The molecule has 1 amide bonds. The van der Waals surface area contributed by atoms with Gasteiger partial charge in [0.05, 0.1) is 13.2 Å². The highest BCUT2D eigenvalue weighted by Gasteiger charge is 2.04. The molecule has 4 nitrogen and oxygen atoms in total. The molecule has 0 unspecified atom stereocenters. The van der Waals surface area contributed by atoms with E-state index in [9.17, 15) is 9.90 Å². The number of carbonyl (C=O) groups excluding carboxylic acids is 1. The minimum atomic E-state index is -0.0175. The van der Waals surface area contributed by atoms with Crippen LogP contribution in [0, 0.1) is 6.92 Å². The van der Waals surface area contributed by atoms with E-state index in [2.05, 4.69) is 5.32 Å². The van der Waals surface area contributed by atoms with E-state index in [-0.39, 0.29) is 12.5 Å². The zero-order chi connectivity index (χ0) is 16.5. The molecule has 0 aliphatic heterocycles. The predicted molar refractivity (Wildman–Crippen MR) is 90.1 cm³/mol. The first-order valence-corrected chi connectivity index (χ1v) is 7.83. The number of hydrogen-bond donors (Lipinski definition) is 2. The second kappa shape index (κ2) is 8.96. The van der Waals surface area contributed by atoms with Crippen molar-refractivity contribution < 1.29 is 14.6 Å². The van der Waals surface area contributed by atoms with E-state index >= 15 is 0 Å². The highest BCUT2D eigenvalue weighted by atomic mass is 16.5. The van der Waals surface area contributed by atoms with E-state index in [1.165, 1.54) is 0 Å². The van der Waals surface area contributed by atoms with E-state index in [4.69, 9.17) is 4.74 Å². The van der Waals surface area contributed by atoms with Gasteiger partial charge in [0, 0.05) is 13.0 Å². The summed E-state index contributed by atoms with van der Waals surface area (Å²) < 4.78 is 5.62. The van der Waals surface area contributed by atoms with Gasteiger partial charge in [-0.3, -0.25) is 4.79 Å². The first-order valence-electron chi connectivity index (χ1n) is 7.83. The molecule has 0 aromatic heterocycles.